The largest absolute Gasteiger partial charge is 0.398 e. The van der Waals surface area contributed by atoms with E-state index >= 15 is 0 Å². The molecule has 1 aromatic carbocycles. The summed E-state index contributed by atoms with van der Waals surface area (Å²) in [5.41, 5.74) is 7.12. The van der Waals surface area contributed by atoms with Crippen LogP contribution in [0.1, 0.15) is 18.9 Å². The van der Waals surface area contributed by atoms with E-state index in [2.05, 4.69) is 0 Å². The maximum Gasteiger partial charge on any atom is 0.269 e. The Balaban J connectivity index is 2.71. The second-order valence-electron chi connectivity index (χ2n) is 4.52. The topological polar surface area (TPSA) is 92.6 Å². The summed E-state index contributed by atoms with van der Waals surface area (Å²) in [4.78, 5) is 12.2. The lowest BCUT2D eigenvalue weighted by Crippen LogP contribution is -2.22. The van der Waals surface area contributed by atoms with Gasteiger partial charge in [0, 0.05) is 30.9 Å². The Morgan fingerprint density at radius 1 is 1.56 bits per heavy atom. The number of aliphatic hydroxyl groups excluding tert-OH is 1. The highest BCUT2D eigenvalue weighted by molar-refractivity contribution is 5.52. The minimum absolute atomic E-state index is 0.0446. The van der Waals surface area contributed by atoms with Crippen LogP contribution in [0.15, 0.2) is 18.2 Å². The zero-order valence-electron chi connectivity index (χ0n) is 10.7. The zero-order valence-corrected chi connectivity index (χ0v) is 10.7. The average Bonchev–Trinajstić information content (AvgIpc) is 2.29. The van der Waals surface area contributed by atoms with Crippen molar-refractivity contribution in [1.29, 1.82) is 0 Å². The van der Waals surface area contributed by atoms with Crippen LogP contribution in [0.4, 0.5) is 11.4 Å². The van der Waals surface area contributed by atoms with Gasteiger partial charge in [-0.2, -0.15) is 0 Å². The van der Waals surface area contributed by atoms with Gasteiger partial charge in [0.25, 0.3) is 5.69 Å². The van der Waals surface area contributed by atoms with Gasteiger partial charge in [-0.25, -0.2) is 0 Å². The van der Waals surface area contributed by atoms with Crippen molar-refractivity contribution in [3.8, 4) is 0 Å². The van der Waals surface area contributed by atoms with Gasteiger partial charge in [0.2, 0.25) is 0 Å². The van der Waals surface area contributed by atoms with E-state index in [-0.39, 0.29) is 11.8 Å². The standard InChI is InChI=1S/C12H19N3O3/c1-9(16)5-6-14(2)8-10-7-11(15(17)18)3-4-12(10)13/h3-4,7,9,16H,5-6,8,13H2,1-2H3. The summed E-state index contributed by atoms with van der Waals surface area (Å²) in [6.45, 7) is 2.97. The lowest BCUT2D eigenvalue weighted by atomic mass is 10.1. The lowest BCUT2D eigenvalue weighted by molar-refractivity contribution is -0.384. The molecule has 0 aliphatic carbocycles. The number of benzene rings is 1. The monoisotopic (exact) mass is 253 g/mol. The molecule has 1 atom stereocenters. The number of rotatable bonds is 6. The van der Waals surface area contributed by atoms with Crippen molar-refractivity contribution < 1.29 is 10.0 Å². The molecule has 6 heteroatoms. The molecule has 0 aliphatic rings. The molecule has 6 nitrogen and oxygen atoms in total. The Hall–Kier alpha value is -1.66. The highest BCUT2D eigenvalue weighted by atomic mass is 16.6. The smallest absolute Gasteiger partial charge is 0.269 e. The van der Waals surface area contributed by atoms with Gasteiger partial charge >= 0.3 is 0 Å². The first-order chi connectivity index (χ1) is 8.40. The predicted molar refractivity (Wildman–Crippen MR) is 70.1 cm³/mol. The van der Waals surface area contributed by atoms with Gasteiger partial charge in [-0.15, -0.1) is 0 Å². The van der Waals surface area contributed by atoms with E-state index in [9.17, 15) is 15.2 Å². The molecule has 0 saturated heterocycles. The first kappa shape index (κ1) is 14.4. The molecule has 1 unspecified atom stereocenters. The zero-order chi connectivity index (χ0) is 13.7. The molecule has 0 spiro atoms. The molecule has 0 aliphatic heterocycles. The molecule has 0 amide bonds. The number of nitrogens with zero attached hydrogens (tertiary/aromatic N) is 2. The summed E-state index contributed by atoms with van der Waals surface area (Å²) >= 11 is 0. The number of hydrogen-bond donors (Lipinski definition) is 2. The third kappa shape index (κ3) is 4.31. The highest BCUT2D eigenvalue weighted by Crippen LogP contribution is 2.20. The normalized spacial score (nSPS) is 12.7. The summed E-state index contributed by atoms with van der Waals surface area (Å²) in [5.74, 6) is 0. The van der Waals surface area contributed by atoms with E-state index in [1.165, 1.54) is 12.1 Å². The minimum Gasteiger partial charge on any atom is -0.398 e. The van der Waals surface area contributed by atoms with Crippen molar-refractivity contribution in [1.82, 2.24) is 4.90 Å². The van der Waals surface area contributed by atoms with E-state index in [1.807, 2.05) is 11.9 Å². The number of nitro benzene ring substituents is 1. The van der Waals surface area contributed by atoms with E-state index in [0.29, 0.717) is 25.2 Å². The minimum atomic E-state index is -0.432. The fraction of sp³-hybridized carbons (Fsp3) is 0.500. The highest BCUT2D eigenvalue weighted by Gasteiger charge is 2.11. The predicted octanol–water partition coefficient (Wildman–Crippen LogP) is 1.38. The van der Waals surface area contributed by atoms with E-state index in [4.69, 9.17) is 5.73 Å². The van der Waals surface area contributed by atoms with Gasteiger partial charge < -0.3 is 15.7 Å². The molecule has 0 radical (unpaired) electrons. The Kier molecular flexibility index (Phi) is 5.06. The molecule has 0 fully saturated rings. The number of non-ortho nitro benzene ring substituents is 1. The van der Waals surface area contributed by atoms with Crippen LogP contribution in [0, 0.1) is 10.1 Å². The third-order valence-corrected chi connectivity index (χ3v) is 2.71. The van der Waals surface area contributed by atoms with Crippen LogP contribution >= 0.6 is 0 Å². The summed E-state index contributed by atoms with van der Waals surface area (Å²) in [6.07, 6.45) is 0.306. The SMILES string of the molecule is CC(O)CCN(C)Cc1cc([N+](=O)[O-])ccc1N. The van der Waals surface area contributed by atoms with Crippen LogP contribution in [0.25, 0.3) is 0 Å². The second kappa shape index (κ2) is 6.32. The molecule has 18 heavy (non-hydrogen) atoms. The van der Waals surface area contributed by atoms with Gasteiger partial charge in [0.15, 0.2) is 0 Å². The molecular weight excluding hydrogens is 234 g/mol. The molecule has 3 N–H and O–H groups in total. The van der Waals surface area contributed by atoms with Gasteiger partial charge in [-0.05, 0) is 32.0 Å². The average molecular weight is 253 g/mol. The maximum absolute atomic E-state index is 10.7. The quantitative estimate of drug-likeness (QED) is 0.454. The van der Waals surface area contributed by atoms with Crippen molar-refractivity contribution in [2.45, 2.75) is 26.0 Å². The number of hydrogen-bond acceptors (Lipinski definition) is 5. The molecule has 0 bridgehead atoms. The van der Waals surface area contributed by atoms with Gasteiger partial charge in [0.1, 0.15) is 0 Å². The summed E-state index contributed by atoms with van der Waals surface area (Å²) in [5, 5.41) is 19.9. The number of aliphatic hydroxyl groups is 1. The molecular formula is C12H19N3O3. The molecule has 1 aromatic rings. The lowest BCUT2D eigenvalue weighted by Gasteiger charge is -2.18. The van der Waals surface area contributed by atoms with Crippen molar-refractivity contribution in [2.75, 3.05) is 19.3 Å². The van der Waals surface area contributed by atoms with Crippen LogP contribution in [0.3, 0.4) is 0 Å². The van der Waals surface area contributed by atoms with Crippen LogP contribution in [-0.4, -0.2) is 34.6 Å². The summed E-state index contributed by atoms with van der Waals surface area (Å²) in [6, 6.07) is 4.44. The van der Waals surface area contributed by atoms with Gasteiger partial charge in [-0.1, -0.05) is 0 Å². The molecule has 0 aromatic heterocycles. The van der Waals surface area contributed by atoms with Crippen molar-refractivity contribution in [2.24, 2.45) is 0 Å². The summed E-state index contributed by atoms with van der Waals surface area (Å²) < 4.78 is 0. The first-order valence-electron chi connectivity index (χ1n) is 5.79. The number of nitrogen functional groups attached to an aromatic ring is 1. The molecule has 0 heterocycles. The van der Waals surface area contributed by atoms with Crippen LogP contribution in [0.2, 0.25) is 0 Å². The van der Waals surface area contributed by atoms with Crippen molar-refractivity contribution in [3.05, 3.63) is 33.9 Å². The maximum atomic E-state index is 10.7. The Morgan fingerprint density at radius 2 is 2.22 bits per heavy atom. The third-order valence-electron chi connectivity index (χ3n) is 2.71. The van der Waals surface area contributed by atoms with E-state index in [1.54, 1.807) is 13.0 Å². The van der Waals surface area contributed by atoms with E-state index < -0.39 is 4.92 Å². The Bertz CT molecular complexity index is 421. The number of nitro groups is 1. The molecule has 0 saturated carbocycles. The Labute approximate surface area is 106 Å². The van der Waals surface area contributed by atoms with Gasteiger partial charge in [-0.3, -0.25) is 10.1 Å². The number of nitrogens with two attached hydrogens (primary N) is 1. The van der Waals surface area contributed by atoms with Crippen molar-refractivity contribution in [3.63, 3.8) is 0 Å². The van der Waals surface area contributed by atoms with Gasteiger partial charge in [0.05, 0.1) is 11.0 Å². The van der Waals surface area contributed by atoms with Crippen LogP contribution in [0.5, 0.6) is 0 Å². The summed E-state index contributed by atoms with van der Waals surface area (Å²) in [7, 11) is 1.89. The second-order valence-corrected chi connectivity index (χ2v) is 4.52. The van der Waals surface area contributed by atoms with Crippen molar-refractivity contribution >= 4 is 11.4 Å². The Morgan fingerprint density at radius 3 is 2.78 bits per heavy atom. The fourth-order valence-electron chi connectivity index (χ4n) is 1.62. The van der Waals surface area contributed by atoms with Crippen LogP contribution in [-0.2, 0) is 6.54 Å². The molecule has 1 rings (SSSR count). The first-order valence-corrected chi connectivity index (χ1v) is 5.79. The van der Waals surface area contributed by atoms with E-state index in [0.717, 1.165) is 5.56 Å². The fourth-order valence-corrected chi connectivity index (χ4v) is 1.62. The molecule has 100 valence electrons. The van der Waals surface area contributed by atoms with Crippen LogP contribution < -0.4 is 5.73 Å². The number of anilines is 1.